The van der Waals surface area contributed by atoms with Gasteiger partial charge < -0.3 is 39.8 Å². The van der Waals surface area contributed by atoms with Crippen molar-refractivity contribution < 1.29 is 38.7 Å². The van der Waals surface area contributed by atoms with Crippen LogP contribution in [0.1, 0.15) is 25.8 Å². The summed E-state index contributed by atoms with van der Waals surface area (Å²) in [5.74, 6) is -0.311. The molecular weight excluding hydrogens is 408 g/mol. The number of ether oxygens (including phenoxy) is 4. The number of rotatable bonds is 13. The molecule has 0 saturated carbocycles. The fourth-order valence-electron chi connectivity index (χ4n) is 2.88. The molecule has 0 aromatic heterocycles. The Hall–Kier alpha value is -2.40. The molecule has 1 aromatic carbocycles. The molecule has 10 heteroatoms. The molecule has 1 amide bonds. The van der Waals surface area contributed by atoms with Gasteiger partial charge in [0.15, 0.2) is 5.79 Å². The van der Waals surface area contributed by atoms with E-state index in [-0.39, 0.29) is 44.8 Å². The lowest BCUT2D eigenvalue weighted by atomic mass is 10.1. The summed E-state index contributed by atoms with van der Waals surface area (Å²) in [4.78, 5) is 22.2. The van der Waals surface area contributed by atoms with Crippen LogP contribution in [-0.2, 0) is 25.4 Å². The van der Waals surface area contributed by atoms with Gasteiger partial charge in [0.05, 0.1) is 6.61 Å². The standard InChI is InChI=1S/C21H32N2O8/c1-21(2)30-14-18(31-21)13-29-19(25)8-5-15-3-6-17(7-4-15)28-12-16(24)11-22-9-10-23-20(26)27/h3-4,6-7,16,18,22-24H,5,8-14H2,1-2H3,(H,26,27)/t16-,18+/m0/s1. The van der Waals surface area contributed by atoms with Crippen LogP contribution in [-0.4, -0.2) is 79.7 Å². The molecule has 1 fully saturated rings. The van der Waals surface area contributed by atoms with Crippen LogP contribution in [0.15, 0.2) is 24.3 Å². The van der Waals surface area contributed by atoms with Crippen molar-refractivity contribution in [3.63, 3.8) is 0 Å². The molecule has 31 heavy (non-hydrogen) atoms. The molecule has 1 aliphatic heterocycles. The largest absolute Gasteiger partial charge is 0.491 e. The number of hydrogen-bond acceptors (Lipinski definition) is 8. The molecule has 0 spiro atoms. The molecule has 0 aliphatic carbocycles. The molecule has 0 radical (unpaired) electrons. The summed E-state index contributed by atoms with van der Waals surface area (Å²) < 4.78 is 21.8. The summed E-state index contributed by atoms with van der Waals surface area (Å²) in [5, 5.41) is 23.5. The second-order valence-corrected chi connectivity index (χ2v) is 7.68. The third-order valence-corrected chi connectivity index (χ3v) is 4.44. The van der Waals surface area contributed by atoms with Crippen molar-refractivity contribution in [3.8, 4) is 5.75 Å². The van der Waals surface area contributed by atoms with Crippen molar-refractivity contribution in [1.29, 1.82) is 0 Å². The van der Waals surface area contributed by atoms with Gasteiger partial charge in [0.2, 0.25) is 0 Å². The average Bonchev–Trinajstić information content (AvgIpc) is 3.08. The molecule has 1 heterocycles. The molecule has 10 nitrogen and oxygen atoms in total. The number of carboxylic acid groups (broad SMARTS) is 1. The molecule has 1 saturated heterocycles. The Labute approximate surface area is 181 Å². The van der Waals surface area contributed by atoms with E-state index in [4.69, 9.17) is 24.1 Å². The number of esters is 1. The minimum atomic E-state index is -1.08. The zero-order chi connectivity index (χ0) is 22.7. The van der Waals surface area contributed by atoms with Crippen molar-refractivity contribution in [2.75, 3.05) is 39.5 Å². The van der Waals surface area contributed by atoms with Crippen LogP contribution in [0.2, 0.25) is 0 Å². The van der Waals surface area contributed by atoms with Gasteiger partial charge in [0.25, 0.3) is 0 Å². The van der Waals surface area contributed by atoms with Gasteiger partial charge in [-0.05, 0) is 38.0 Å². The summed E-state index contributed by atoms with van der Waals surface area (Å²) in [5.41, 5.74) is 0.971. The topological polar surface area (TPSA) is 136 Å². The van der Waals surface area contributed by atoms with E-state index in [9.17, 15) is 14.7 Å². The van der Waals surface area contributed by atoms with Crippen molar-refractivity contribution in [2.45, 2.75) is 44.7 Å². The highest BCUT2D eigenvalue weighted by molar-refractivity contribution is 5.69. The van der Waals surface area contributed by atoms with Gasteiger partial charge >= 0.3 is 12.1 Å². The molecular formula is C21H32N2O8. The van der Waals surface area contributed by atoms with Crippen LogP contribution in [0.25, 0.3) is 0 Å². The monoisotopic (exact) mass is 440 g/mol. The molecule has 4 N–H and O–H groups in total. The van der Waals surface area contributed by atoms with Gasteiger partial charge in [-0.3, -0.25) is 4.79 Å². The van der Waals surface area contributed by atoms with Gasteiger partial charge in [-0.1, -0.05) is 12.1 Å². The van der Waals surface area contributed by atoms with Crippen LogP contribution in [0, 0.1) is 0 Å². The number of hydrogen-bond donors (Lipinski definition) is 4. The lowest BCUT2D eigenvalue weighted by molar-refractivity contribution is -0.158. The summed E-state index contributed by atoms with van der Waals surface area (Å²) in [6.45, 7) is 5.31. The minimum absolute atomic E-state index is 0.106. The zero-order valence-electron chi connectivity index (χ0n) is 18.0. The normalized spacial score (nSPS) is 18.4. The Kier molecular flexibility index (Phi) is 9.99. The Bertz CT molecular complexity index is 695. The second kappa shape index (κ2) is 12.5. The van der Waals surface area contributed by atoms with Crippen molar-refractivity contribution in [3.05, 3.63) is 29.8 Å². The Balaban J connectivity index is 1.57. The van der Waals surface area contributed by atoms with E-state index in [1.165, 1.54) is 0 Å². The third-order valence-electron chi connectivity index (χ3n) is 4.44. The SMILES string of the molecule is CC1(C)OC[C@@H](COC(=O)CCc2ccc(OC[C@@H](O)CNCCNC(=O)O)cc2)O1. The second-order valence-electron chi connectivity index (χ2n) is 7.68. The van der Waals surface area contributed by atoms with E-state index in [0.29, 0.717) is 25.3 Å². The first kappa shape index (κ1) is 24.9. The summed E-state index contributed by atoms with van der Waals surface area (Å²) in [6, 6.07) is 7.29. The van der Waals surface area contributed by atoms with Crippen LogP contribution < -0.4 is 15.4 Å². The number of amides is 1. The molecule has 0 unspecified atom stereocenters. The number of carbonyl (C=O) groups is 2. The number of aryl methyl sites for hydroxylation is 1. The lowest BCUT2D eigenvalue weighted by Gasteiger charge is -2.17. The summed E-state index contributed by atoms with van der Waals surface area (Å²) in [6.07, 6.45) is -1.23. The van der Waals surface area contributed by atoms with Crippen LogP contribution in [0.3, 0.4) is 0 Å². The van der Waals surface area contributed by atoms with Gasteiger partial charge in [0.1, 0.15) is 31.2 Å². The molecule has 2 rings (SSSR count). The number of aliphatic hydroxyl groups is 1. The first-order valence-corrected chi connectivity index (χ1v) is 10.3. The van der Waals surface area contributed by atoms with Crippen LogP contribution >= 0.6 is 0 Å². The number of carbonyl (C=O) groups excluding carboxylic acids is 1. The van der Waals surface area contributed by atoms with Crippen LogP contribution in [0.5, 0.6) is 5.75 Å². The lowest BCUT2D eigenvalue weighted by Crippen LogP contribution is -2.36. The van der Waals surface area contributed by atoms with E-state index in [0.717, 1.165) is 5.56 Å². The maximum Gasteiger partial charge on any atom is 0.404 e. The molecule has 0 bridgehead atoms. The quantitative estimate of drug-likeness (QED) is 0.261. The highest BCUT2D eigenvalue weighted by Gasteiger charge is 2.33. The highest BCUT2D eigenvalue weighted by atomic mass is 16.7. The van der Waals surface area contributed by atoms with E-state index >= 15 is 0 Å². The first-order valence-electron chi connectivity index (χ1n) is 10.3. The predicted octanol–water partition coefficient (Wildman–Crippen LogP) is 0.911. The van der Waals surface area contributed by atoms with E-state index in [2.05, 4.69) is 10.6 Å². The van der Waals surface area contributed by atoms with Gasteiger partial charge in [-0.25, -0.2) is 4.79 Å². The summed E-state index contributed by atoms with van der Waals surface area (Å²) >= 11 is 0. The highest BCUT2D eigenvalue weighted by Crippen LogP contribution is 2.22. The fraction of sp³-hybridized carbons (Fsp3) is 0.619. The zero-order valence-corrected chi connectivity index (χ0v) is 18.0. The van der Waals surface area contributed by atoms with Gasteiger partial charge in [-0.2, -0.15) is 0 Å². The number of benzene rings is 1. The number of nitrogens with one attached hydrogen (secondary N) is 2. The Morgan fingerprint density at radius 3 is 2.65 bits per heavy atom. The smallest absolute Gasteiger partial charge is 0.404 e. The van der Waals surface area contributed by atoms with Gasteiger partial charge in [0, 0.05) is 26.1 Å². The summed E-state index contributed by atoms with van der Waals surface area (Å²) in [7, 11) is 0. The van der Waals surface area contributed by atoms with Crippen molar-refractivity contribution in [2.24, 2.45) is 0 Å². The Morgan fingerprint density at radius 2 is 2.00 bits per heavy atom. The van der Waals surface area contributed by atoms with E-state index in [1.54, 1.807) is 12.1 Å². The predicted molar refractivity (Wildman–Crippen MR) is 111 cm³/mol. The van der Waals surface area contributed by atoms with E-state index in [1.807, 2.05) is 26.0 Å². The number of aliphatic hydroxyl groups excluding tert-OH is 1. The van der Waals surface area contributed by atoms with Crippen LogP contribution in [0.4, 0.5) is 4.79 Å². The average molecular weight is 440 g/mol. The van der Waals surface area contributed by atoms with Crippen molar-refractivity contribution >= 4 is 12.1 Å². The Morgan fingerprint density at radius 1 is 1.26 bits per heavy atom. The third kappa shape index (κ3) is 10.5. The minimum Gasteiger partial charge on any atom is -0.491 e. The molecule has 2 atom stereocenters. The van der Waals surface area contributed by atoms with Gasteiger partial charge in [-0.15, -0.1) is 0 Å². The maximum absolute atomic E-state index is 11.9. The first-order chi connectivity index (χ1) is 14.7. The van der Waals surface area contributed by atoms with E-state index < -0.39 is 18.0 Å². The molecule has 1 aliphatic rings. The molecule has 1 aromatic rings. The molecule has 174 valence electrons. The van der Waals surface area contributed by atoms with Crippen molar-refractivity contribution in [1.82, 2.24) is 10.6 Å². The maximum atomic E-state index is 11.9. The fourth-order valence-corrected chi connectivity index (χ4v) is 2.88.